The molecule has 5 nitrogen and oxygen atoms in total. The highest BCUT2D eigenvalue weighted by Gasteiger charge is 2.22. The van der Waals surface area contributed by atoms with Crippen molar-refractivity contribution in [3.63, 3.8) is 0 Å². The summed E-state index contributed by atoms with van der Waals surface area (Å²) in [4.78, 5) is 0. The van der Waals surface area contributed by atoms with E-state index in [1.54, 1.807) is 0 Å². The molecule has 5 heteroatoms. The summed E-state index contributed by atoms with van der Waals surface area (Å²) in [5.74, 6) is 0. The quantitative estimate of drug-likeness (QED) is 0.637. The van der Waals surface area contributed by atoms with Gasteiger partial charge in [-0.25, -0.2) is 0 Å². The molecule has 0 amide bonds. The minimum atomic E-state index is 0.0521. The van der Waals surface area contributed by atoms with Crippen LogP contribution in [0.4, 0.5) is 0 Å². The second-order valence-electron chi connectivity index (χ2n) is 5.57. The maximum Gasteiger partial charge on any atom is 0.134 e. The van der Waals surface area contributed by atoms with Gasteiger partial charge in [-0.2, -0.15) is 0 Å². The average molecular weight is 276 g/mol. The highest BCUT2D eigenvalue weighted by atomic mass is 16.5. The van der Waals surface area contributed by atoms with Crippen LogP contribution in [0.5, 0.6) is 0 Å². The molecule has 2 saturated heterocycles. The monoisotopic (exact) mass is 276 g/mol. The number of hydrogen-bond donors (Lipinski definition) is 4. The molecule has 0 aliphatic carbocycles. The van der Waals surface area contributed by atoms with E-state index in [0.29, 0.717) is 12.3 Å². The van der Waals surface area contributed by atoms with E-state index in [2.05, 4.69) is 52.5 Å². The van der Waals surface area contributed by atoms with Gasteiger partial charge in [-0.1, -0.05) is 24.3 Å². The fourth-order valence-corrected chi connectivity index (χ4v) is 2.65. The summed E-state index contributed by atoms with van der Waals surface area (Å²) in [5, 5.41) is 13.7. The number of nitrogens with one attached hydrogen (secondary N) is 4. The average Bonchev–Trinajstić information content (AvgIpc) is 2.93. The van der Waals surface area contributed by atoms with Gasteiger partial charge in [0.05, 0.1) is 12.3 Å². The van der Waals surface area contributed by atoms with E-state index in [0.717, 1.165) is 32.7 Å². The molecule has 0 aromatic heterocycles. The molecular weight excluding hydrogens is 252 g/mol. The smallest absolute Gasteiger partial charge is 0.134 e. The normalized spacial score (nSPS) is 30.6. The molecule has 2 heterocycles. The van der Waals surface area contributed by atoms with Gasteiger partial charge in [0.15, 0.2) is 0 Å². The summed E-state index contributed by atoms with van der Waals surface area (Å²) >= 11 is 0. The predicted molar refractivity (Wildman–Crippen MR) is 79.2 cm³/mol. The topological polar surface area (TPSA) is 57.3 Å². The van der Waals surface area contributed by atoms with E-state index < -0.39 is 0 Å². The lowest BCUT2D eigenvalue weighted by molar-refractivity contribution is 0.0510. The first-order valence-electron chi connectivity index (χ1n) is 7.46. The summed E-state index contributed by atoms with van der Waals surface area (Å²) in [6.45, 7) is 6.97. The molecule has 2 fully saturated rings. The third kappa shape index (κ3) is 3.56. The van der Waals surface area contributed by atoms with Crippen molar-refractivity contribution in [2.75, 3.05) is 26.2 Å². The van der Waals surface area contributed by atoms with Crippen molar-refractivity contribution in [3.8, 4) is 0 Å². The molecule has 20 heavy (non-hydrogen) atoms. The van der Waals surface area contributed by atoms with Crippen LogP contribution in [0.3, 0.4) is 0 Å². The number of piperazine rings is 1. The second kappa shape index (κ2) is 6.65. The highest BCUT2D eigenvalue weighted by molar-refractivity contribution is 5.24. The van der Waals surface area contributed by atoms with Crippen LogP contribution in [0, 0.1) is 0 Å². The van der Waals surface area contributed by atoms with Crippen LogP contribution in [0.25, 0.3) is 0 Å². The van der Waals surface area contributed by atoms with Crippen molar-refractivity contribution in [1.29, 1.82) is 0 Å². The Bertz CT molecular complexity index is 416. The Morgan fingerprint density at radius 3 is 2.65 bits per heavy atom. The first-order valence-corrected chi connectivity index (χ1v) is 7.46. The van der Waals surface area contributed by atoms with E-state index in [-0.39, 0.29) is 6.23 Å². The zero-order chi connectivity index (χ0) is 13.8. The maximum atomic E-state index is 5.80. The largest absolute Gasteiger partial charge is 0.355 e. The van der Waals surface area contributed by atoms with Crippen LogP contribution in [0.1, 0.15) is 24.3 Å². The van der Waals surface area contributed by atoms with Gasteiger partial charge in [0.2, 0.25) is 0 Å². The third-order valence-electron chi connectivity index (χ3n) is 3.84. The van der Waals surface area contributed by atoms with Gasteiger partial charge >= 0.3 is 0 Å². The van der Waals surface area contributed by atoms with Gasteiger partial charge in [0.25, 0.3) is 0 Å². The molecule has 0 radical (unpaired) electrons. The molecule has 0 spiro atoms. The fourth-order valence-electron chi connectivity index (χ4n) is 2.65. The first kappa shape index (κ1) is 14.0. The van der Waals surface area contributed by atoms with Crippen molar-refractivity contribution in [2.24, 2.45) is 0 Å². The Morgan fingerprint density at radius 1 is 1.15 bits per heavy atom. The van der Waals surface area contributed by atoms with Gasteiger partial charge in [0.1, 0.15) is 6.23 Å². The predicted octanol–water partition coefficient (Wildman–Crippen LogP) is 0.302. The van der Waals surface area contributed by atoms with Gasteiger partial charge in [-0.3, -0.25) is 16.0 Å². The van der Waals surface area contributed by atoms with Crippen molar-refractivity contribution < 1.29 is 4.74 Å². The molecule has 2 aliphatic heterocycles. The minimum Gasteiger partial charge on any atom is -0.355 e. The highest BCUT2D eigenvalue weighted by Crippen LogP contribution is 2.21. The van der Waals surface area contributed by atoms with Crippen LogP contribution >= 0.6 is 0 Å². The Balaban J connectivity index is 1.50. The molecule has 110 valence electrons. The Labute approximate surface area is 120 Å². The van der Waals surface area contributed by atoms with Crippen molar-refractivity contribution in [3.05, 3.63) is 35.4 Å². The summed E-state index contributed by atoms with van der Waals surface area (Å²) < 4.78 is 5.80. The number of benzene rings is 1. The van der Waals surface area contributed by atoms with Crippen LogP contribution in [-0.4, -0.2) is 38.4 Å². The molecule has 4 N–H and O–H groups in total. The van der Waals surface area contributed by atoms with Gasteiger partial charge in [-0.15, -0.1) is 0 Å². The Morgan fingerprint density at radius 2 is 2.00 bits per heavy atom. The van der Waals surface area contributed by atoms with Crippen molar-refractivity contribution >= 4 is 0 Å². The van der Waals surface area contributed by atoms with E-state index >= 15 is 0 Å². The van der Waals surface area contributed by atoms with Crippen LogP contribution in [0.15, 0.2) is 24.3 Å². The van der Waals surface area contributed by atoms with E-state index in [1.807, 2.05) is 0 Å². The summed E-state index contributed by atoms with van der Waals surface area (Å²) in [7, 11) is 0. The minimum absolute atomic E-state index is 0.0521. The lowest BCUT2D eigenvalue weighted by atomic mass is 10.1. The van der Waals surface area contributed by atoms with Crippen LogP contribution in [0.2, 0.25) is 0 Å². The molecule has 3 rings (SSSR count). The lowest BCUT2D eigenvalue weighted by Gasteiger charge is -2.25. The Kier molecular flexibility index (Phi) is 4.65. The van der Waals surface area contributed by atoms with Crippen LogP contribution in [-0.2, 0) is 11.3 Å². The molecule has 3 atom stereocenters. The van der Waals surface area contributed by atoms with Crippen molar-refractivity contribution in [2.45, 2.75) is 32.0 Å². The van der Waals surface area contributed by atoms with Gasteiger partial charge in [0, 0.05) is 32.7 Å². The maximum absolute atomic E-state index is 5.80. The second-order valence-corrected chi connectivity index (χ2v) is 5.57. The number of ether oxygens (including phenoxy) is 1. The zero-order valence-corrected chi connectivity index (χ0v) is 12.0. The first-order chi connectivity index (χ1) is 9.81. The molecule has 3 unspecified atom stereocenters. The summed E-state index contributed by atoms with van der Waals surface area (Å²) in [5.41, 5.74) is 2.50. The molecule has 1 aromatic carbocycles. The summed E-state index contributed by atoms with van der Waals surface area (Å²) in [6, 6.07) is 8.65. The summed E-state index contributed by atoms with van der Waals surface area (Å²) in [6.07, 6.45) is 0.714. The molecule has 1 aromatic rings. The van der Waals surface area contributed by atoms with Crippen LogP contribution < -0.4 is 21.3 Å². The number of rotatable bonds is 4. The Hall–Kier alpha value is -0.980. The molecule has 2 aliphatic rings. The number of hydrogen-bond acceptors (Lipinski definition) is 5. The lowest BCUT2D eigenvalue weighted by Crippen LogP contribution is -2.55. The van der Waals surface area contributed by atoms with Crippen molar-refractivity contribution in [1.82, 2.24) is 21.3 Å². The van der Waals surface area contributed by atoms with E-state index in [9.17, 15) is 0 Å². The van der Waals surface area contributed by atoms with E-state index in [1.165, 1.54) is 11.1 Å². The molecule has 0 saturated carbocycles. The third-order valence-corrected chi connectivity index (χ3v) is 3.84. The van der Waals surface area contributed by atoms with Gasteiger partial charge < -0.3 is 10.1 Å². The SMILES string of the molecule is CC1CNC(c2ccc(CNC3CNCCN3)cc2)O1. The molecule has 0 bridgehead atoms. The standard InChI is InChI=1S/C15H24N4O/c1-11-8-19-15(20-11)13-4-2-12(3-5-13)9-18-14-10-16-6-7-17-14/h2-5,11,14-19H,6-10H2,1H3. The van der Waals surface area contributed by atoms with Gasteiger partial charge in [-0.05, 0) is 18.1 Å². The van der Waals surface area contributed by atoms with E-state index in [4.69, 9.17) is 4.74 Å². The molecular formula is C15H24N4O. The fraction of sp³-hybridized carbons (Fsp3) is 0.600. The zero-order valence-electron chi connectivity index (χ0n) is 12.0.